The van der Waals surface area contributed by atoms with Crippen molar-refractivity contribution in [1.29, 1.82) is 0 Å². The number of rotatable bonds is 7. The van der Waals surface area contributed by atoms with Gasteiger partial charge in [-0.15, -0.1) is 0 Å². The second-order valence-electron chi connectivity index (χ2n) is 7.73. The molecule has 1 amide bonds. The molecule has 0 aliphatic carbocycles. The molecule has 1 rings (SSSR count). The second kappa shape index (κ2) is 10.1. The quantitative estimate of drug-likeness (QED) is 0.754. The number of hydrogen-bond donors (Lipinski definition) is 2. The second-order valence-corrected chi connectivity index (χ2v) is 7.73. The molecule has 0 aromatic carbocycles. The maximum atomic E-state index is 11.7. The van der Waals surface area contributed by atoms with E-state index < -0.39 is 5.60 Å². The average molecular weight is 328 g/mol. The lowest BCUT2D eigenvalue weighted by Gasteiger charge is -2.30. The van der Waals surface area contributed by atoms with Crippen molar-refractivity contribution < 1.29 is 9.53 Å². The van der Waals surface area contributed by atoms with Crippen molar-refractivity contribution in [2.75, 3.05) is 26.2 Å². The van der Waals surface area contributed by atoms with Crippen molar-refractivity contribution in [3.63, 3.8) is 0 Å². The Morgan fingerprint density at radius 2 is 2.09 bits per heavy atom. The van der Waals surface area contributed by atoms with Crippen molar-refractivity contribution in [3.8, 4) is 0 Å². The Morgan fingerprint density at radius 1 is 1.35 bits per heavy atom. The van der Waals surface area contributed by atoms with E-state index in [4.69, 9.17) is 10.5 Å². The Bertz CT molecular complexity index is 342. The molecular formula is C18H37N3O2. The lowest BCUT2D eigenvalue weighted by molar-refractivity contribution is 0.0522. The monoisotopic (exact) mass is 327 g/mol. The number of ether oxygens (including phenoxy) is 1. The van der Waals surface area contributed by atoms with E-state index in [2.05, 4.69) is 17.1 Å². The zero-order valence-electron chi connectivity index (χ0n) is 15.6. The number of carbonyl (C=O) groups is 1. The Kier molecular flexibility index (Phi) is 8.92. The summed E-state index contributed by atoms with van der Waals surface area (Å²) in [5.41, 5.74) is 5.53. The highest BCUT2D eigenvalue weighted by Gasteiger charge is 2.22. The van der Waals surface area contributed by atoms with Crippen molar-refractivity contribution in [3.05, 3.63) is 0 Å². The van der Waals surface area contributed by atoms with Crippen molar-refractivity contribution in [2.45, 2.75) is 77.9 Å². The van der Waals surface area contributed by atoms with E-state index in [1.54, 1.807) is 0 Å². The number of nitrogens with two attached hydrogens (primary N) is 1. The number of hydrogen-bond acceptors (Lipinski definition) is 4. The molecule has 1 saturated heterocycles. The van der Waals surface area contributed by atoms with Gasteiger partial charge in [0.05, 0.1) is 0 Å². The summed E-state index contributed by atoms with van der Waals surface area (Å²) in [7, 11) is 0. The number of amides is 1. The molecule has 1 aliphatic heterocycles. The van der Waals surface area contributed by atoms with Gasteiger partial charge in [-0.3, -0.25) is 4.90 Å². The molecule has 1 fully saturated rings. The van der Waals surface area contributed by atoms with Gasteiger partial charge in [0, 0.05) is 19.1 Å². The summed E-state index contributed by atoms with van der Waals surface area (Å²) in [5.74, 6) is 0.878. The van der Waals surface area contributed by atoms with Gasteiger partial charge in [-0.25, -0.2) is 4.79 Å². The van der Waals surface area contributed by atoms with Crippen LogP contribution in [0, 0.1) is 5.92 Å². The van der Waals surface area contributed by atoms with Gasteiger partial charge in [0.15, 0.2) is 0 Å². The van der Waals surface area contributed by atoms with E-state index in [0.717, 1.165) is 25.4 Å². The van der Waals surface area contributed by atoms with Gasteiger partial charge in [0.1, 0.15) is 5.60 Å². The molecule has 0 aromatic heterocycles. The fraction of sp³-hybridized carbons (Fsp3) is 0.944. The molecule has 3 N–H and O–H groups in total. The van der Waals surface area contributed by atoms with Crippen molar-refractivity contribution in [1.82, 2.24) is 10.2 Å². The lowest BCUT2D eigenvalue weighted by atomic mass is 9.96. The highest BCUT2D eigenvalue weighted by atomic mass is 16.6. The highest BCUT2D eigenvalue weighted by molar-refractivity contribution is 5.67. The van der Waals surface area contributed by atoms with Crippen LogP contribution in [-0.4, -0.2) is 48.8 Å². The van der Waals surface area contributed by atoms with E-state index in [-0.39, 0.29) is 6.09 Å². The van der Waals surface area contributed by atoms with Crippen LogP contribution in [0.1, 0.15) is 66.2 Å². The number of alkyl carbamates (subject to hydrolysis) is 1. The third-order valence-electron chi connectivity index (χ3n) is 4.51. The minimum absolute atomic E-state index is 0.341. The van der Waals surface area contributed by atoms with Crippen LogP contribution in [0.2, 0.25) is 0 Å². The molecule has 23 heavy (non-hydrogen) atoms. The normalized spacial score (nSPS) is 21.5. The lowest BCUT2D eigenvalue weighted by Crippen LogP contribution is -2.44. The van der Waals surface area contributed by atoms with Crippen molar-refractivity contribution in [2.24, 2.45) is 11.7 Å². The number of nitrogens with one attached hydrogen (secondary N) is 1. The molecule has 2 atom stereocenters. The summed E-state index contributed by atoms with van der Waals surface area (Å²) in [6.07, 6.45) is 7.06. The number of likely N-dealkylation sites (tertiary alicyclic amines) is 1. The van der Waals surface area contributed by atoms with E-state index in [1.807, 2.05) is 20.8 Å². The van der Waals surface area contributed by atoms with E-state index in [0.29, 0.717) is 19.1 Å². The first-order valence-electron chi connectivity index (χ1n) is 9.26. The molecule has 136 valence electrons. The average Bonchev–Trinajstić information content (AvgIpc) is 2.68. The smallest absolute Gasteiger partial charge is 0.407 e. The zero-order valence-corrected chi connectivity index (χ0v) is 15.6. The third kappa shape index (κ3) is 8.56. The minimum Gasteiger partial charge on any atom is -0.444 e. The SMILES string of the molecule is CCCC1CCCN(C(CN)CCNC(=O)OC(C)(C)C)CC1. The molecule has 0 bridgehead atoms. The molecule has 2 unspecified atom stereocenters. The van der Waals surface area contributed by atoms with Crippen LogP contribution >= 0.6 is 0 Å². The molecule has 1 aliphatic rings. The standard InChI is InChI=1S/C18H37N3O2/c1-5-7-15-8-6-12-21(13-10-15)16(14-19)9-11-20-17(22)23-18(2,3)4/h15-16H,5-14,19H2,1-4H3,(H,20,22). The van der Waals surface area contributed by atoms with Crippen LogP contribution in [0.3, 0.4) is 0 Å². The molecule has 0 saturated carbocycles. The topological polar surface area (TPSA) is 67.6 Å². The Labute approximate surface area is 142 Å². The fourth-order valence-electron chi connectivity index (χ4n) is 3.35. The van der Waals surface area contributed by atoms with Gasteiger partial charge in [0.2, 0.25) is 0 Å². The van der Waals surface area contributed by atoms with Gasteiger partial charge in [0.25, 0.3) is 0 Å². The first-order chi connectivity index (χ1) is 10.9. The molecule has 1 heterocycles. The third-order valence-corrected chi connectivity index (χ3v) is 4.51. The maximum Gasteiger partial charge on any atom is 0.407 e. The summed E-state index contributed by atoms with van der Waals surface area (Å²) in [6, 6.07) is 0.352. The molecule has 5 nitrogen and oxygen atoms in total. The fourth-order valence-corrected chi connectivity index (χ4v) is 3.35. The van der Waals surface area contributed by atoms with Gasteiger partial charge in [-0.05, 0) is 65.5 Å². The van der Waals surface area contributed by atoms with Gasteiger partial charge < -0.3 is 15.8 Å². The summed E-state index contributed by atoms with van der Waals surface area (Å²) in [5, 5.41) is 2.84. The largest absolute Gasteiger partial charge is 0.444 e. The van der Waals surface area contributed by atoms with Gasteiger partial charge >= 0.3 is 6.09 Å². The highest BCUT2D eigenvalue weighted by Crippen LogP contribution is 2.23. The summed E-state index contributed by atoms with van der Waals surface area (Å²) < 4.78 is 5.26. The number of nitrogens with zero attached hydrogens (tertiary/aromatic N) is 1. The molecule has 0 radical (unpaired) electrons. The van der Waals surface area contributed by atoms with Gasteiger partial charge in [-0.2, -0.15) is 0 Å². The van der Waals surface area contributed by atoms with E-state index >= 15 is 0 Å². The van der Waals surface area contributed by atoms with Crippen LogP contribution in [0.5, 0.6) is 0 Å². The van der Waals surface area contributed by atoms with E-state index in [1.165, 1.54) is 32.1 Å². The first-order valence-corrected chi connectivity index (χ1v) is 9.26. The maximum absolute atomic E-state index is 11.7. The summed E-state index contributed by atoms with van der Waals surface area (Å²) in [4.78, 5) is 14.2. The van der Waals surface area contributed by atoms with Crippen LogP contribution in [-0.2, 0) is 4.74 Å². The summed E-state index contributed by atoms with van der Waals surface area (Å²) in [6.45, 7) is 11.4. The molecule has 5 heteroatoms. The van der Waals surface area contributed by atoms with E-state index in [9.17, 15) is 4.79 Å². The van der Waals surface area contributed by atoms with Gasteiger partial charge in [-0.1, -0.05) is 19.8 Å². The van der Waals surface area contributed by atoms with Crippen molar-refractivity contribution >= 4 is 6.09 Å². The first kappa shape index (κ1) is 20.2. The predicted octanol–water partition coefficient (Wildman–Crippen LogP) is 3.13. The Morgan fingerprint density at radius 3 is 2.70 bits per heavy atom. The Hall–Kier alpha value is -0.810. The van der Waals surface area contributed by atoms with Crippen LogP contribution in [0.15, 0.2) is 0 Å². The predicted molar refractivity (Wildman–Crippen MR) is 95.5 cm³/mol. The minimum atomic E-state index is -0.448. The molecule has 0 spiro atoms. The molecule has 0 aromatic rings. The van der Waals surface area contributed by atoms with Crippen LogP contribution in [0.4, 0.5) is 4.79 Å². The summed E-state index contributed by atoms with van der Waals surface area (Å²) >= 11 is 0. The molecular weight excluding hydrogens is 290 g/mol. The Balaban J connectivity index is 2.34. The number of carbonyl (C=O) groups excluding carboxylic acids is 1. The van der Waals surface area contributed by atoms with Crippen LogP contribution in [0.25, 0.3) is 0 Å². The van der Waals surface area contributed by atoms with Crippen LogP contribution < -0.4 is 11.1 Å². The zero-order chi connectivity index (χ0) is 17.3.